The number of nitrogens with one attached hydrogen (secondary N) is 1. The third-order valence-corrected chi connectivity index (χ3v) is 5.56. The van der Waals surface area contributed by atoms with Crippen molar-refractivity contribution in [1.29, 1.82) is 0 Å². The molecule has 1 amide bonds. The molecule has 0 saturated heterocycles. The predicted molar refractivity (Wildman–Crippen MR) is 126 cm³/mol. The summed E-state index contributed by atoms with van der Waals surface area (Å²) in [5.41, 5.74) is 3.43. The molecule has 5 rings (SSSR count). The zero-order chi connectivity index (χ0) is 23.5. The highest BCUT2D eigenvalue weighted by Gasteiger charge is 2.22. The van der Waals surface area contributed by atoms with E-state index in [1.165, 1.54) is 0 Å². The van der Waals surface area contributed by atoms with Crippen LogP contribution in [0.5, 0.6) is 11.5 Å². The molecule has 0 aliphatic carbocycles. The molecule has 1 unspecified atom stereocenters. The van der Waals surface area contributed by atoms with E-state index in [0.29, 0.717) is 33.7 Å². The van der Waals surface area contributed by atoms with E-state index in [-0.39, 0.29) is 13.3 Å². The van der Waals surface area contributed by atoms with Gasteiger partial charge in [-0.2, -0.15) is 0 Å². The Kier molecular flexibility index (Phi) is 5.82. The number of benzene rings is 3. The van der Waals surface area contributed by atoms with Gasteiger partial charge in [0.1, 0.15) is 0 Å². The lowest BCUT2D eigenvalue weighted by Crippen LogP contribution is -2.35. The highest BCUT2D eigenvalue weighted by atomic mass is 16.7. The Morgan fingerprint density at radius 1 is 0.971 bits per heavy atom. The second-order valence-electron chi connectivity index (χ2n) is 7.89. The lowest BCUT2D eigenvalue weighted by Gasteiger charge is -2.15. The largest absolute Gasteiger partial charge is 0.454 e. The minimum absolute atomic E-state index is 0.188. The monoisotopic (exact) mass is 454 g/mol. The van der Waals surface area contributed by atoms with E-state index in [1.54, 1.807) is 19.1 Å². The Labute approximate surface area is 196 Å². The lowest BCUT2D eigenvalue weighted by molar-refractivity contribution is -0.129. The summed E-state index contributed by atoms with van der Waals surface area (Å²) < 4.78 is 16.2. The average Bonchev–Trinajstić information content (AvgIpc) is 3.35. The number of esters is 1. The van der Waals surface area contributed by atoms with Gasteiger partial charge >= 0.3 is 5.97 Å². The third kappa shape index (κ3) is 4.41. The molecule has 0 bridgehead atoms. The smallest absolute Gasteiger partial charge is 0.339 e. The van der Waals surface area contributed by atoms with E-state index in [0.717, 1.165) is 11.1 Å². The molecule has 1 atom stereocenters. The van der Waals surface area contributed by atoms with Gasteiger partial charge in [0.25, 0.3) is 5.91 Å². The molecule has 7 nitrogen and oxygen atoms in total. The number of aromatic nitrogens is 1. The molecular formula is C27H22N2O5. The maximum atomic E-state index is 13.1. The van der Waals surface area contributed by atoms with Crippen LogP contribution in [-0.4, -0.2) is 29.8 Å². The molecule has 0 radical (unpaired) electrons. The van der Waals surface area contributed by atoms with Crippen molar-refractivity contribution in [3.8, 4) is 22.8 Å². The van der Waals surface area contributed by atoms with Gasteiger partial charge < -0.3 is 19.5 Å². The van der Waals surface area contributed by atoms with E-state index in [1.807, 2.05) is 66.7 Å². The molecule has 0 spiro atoms. The molecule has 1 N–H and O–H groups in total. The minimum atomic E-state index is -0.978. The molecule has 3 aromatic carbocycles. The van der Waals surface area contributed by atoms with E-state index in [4.69, 9.17) is 14.2 Å². The van der Waals surface area contributed by atoms with Gasteiger partial charge in [0.05, 0.1) is 16.8 Å². The lowest BCUT2D eigenvalue weighted by atomic mass is 10.0. The summed E-state index contributed by atoms with van der Waals surface area (Å²) in [6.45, 7) is 2.01. The van der Waals surface area contributed by atoms with Gasteiger partial charge in [-0.15, -0.1) is 0 Å². The van der Waals surface area contributed by atoms with Crippen LogP contribution in [0.4, 0.5) is 0 Å². The van der Waals surface area contributed by atoms with Crippen LogP contribution >= 0.6 is 0 Å². The van der Waals surface area contributed by atoms with Gasteiger partial charge in [-0.05, 0) is 36.8 Å². The number of hydrogen-bond donors (Lipinski definition) is 1. The summed E-state index contributed by atoms with van der Waals surface area (Å²) in [6, 6.07) is 24.1. The number of nitrogens with zero attached hydrogens (tertiary/aromatic N) is 1. The molecule has 4 aromatic rings. The minimum Gasteiger partial charge on any atom is -0.454 e. The van der Waals surface area contributed by atoms with E-state index < -0.39 is 18.0 Å². The summed E-state index contributed by atoms with van der Waals surface area (Å²) in [4.78, 5) is 30.4. The second kappa shape index (κ2) is 9.23. The van der Waals surface area contributed by atoms with Crippen LogP contribution in [0.25, 0.3) is 22.2 Å². The standard InChI is InChI=1S/C27H22N2O5/c1-17(26(30)28-15-18-11-12-24-25(13-18)33-16-32-24)34-27(31)21-14-23(19-7-3-2-4-8-19)29-22-10-6-5-9-20(21)22/h2-14,17H,15-16H2,1H3,(H,28,30). The Morgan fingerprint density at radius 2 is 1.74 bits per heavy atom. The van der Waals surface area contributed by atoms with Crippen LogP contribution < -0.4 is 14.8 Å². The summed E-state index contributed by atoms with van der Waals surface area (Å²) in [5.74, 6) is 0.344. The van der Waals surface area contributed by atoms with Crippen molar-refractivity contribution >= 4 is 22.8 Å². The van der Waals surface area contributed by atoms with Crippen molar-refractivity contribution in [3.05, 3.63) is 90.0 Å². The van der Waals surface area contributed by atoms with Crippen LogP contribution in [0.1, 0.15) is 22.8 Å². The molecule has 7 heteroatoms. The van der Waals surface area contributed by atoms with Gasteiger partial charge in [-0.25, -0.2) is 9.78 Å². The second-order valence-corrected chi connectivity index (χ2v) is 7.89. The number of fused-ring (bicyclic) bond motifs is 2. The van der Waals surface area contributed by atoms with E-state index >= 15 is 0 Å². The summed E-state index contributed by atoms with van der Waals surface area (Å²) in [7, 11) is 0. The highest BCUT2D eigenvalue weighted by molar-refractivity contribution is 6.05. The number of amides is 1. The predicted octanol–water partition coefficient (Wildman–Crippen LogP) is 4.49. The first kappa shape index (κ1) is 21.5. The molecular weight excluding hydrogens is 432 g/mol. The zero-order valence-corrected chi connectivity index (χ0v) is 18.5. The first-order valence-electron chi connectivity index (χ1n) is 10.9. The fraction of sp³-hybridized carbons (Fsp3) is 0.148. The first-order valence-corrected chi connectivity index (χ1v) is 10.9. The Hall–Kier alpha value is -4.39. The Balaban J connectivity index is 1.31. The van der Waals surface area contributed by atoms with Crippen LogP contribution in [-0.2, 0) is 16.1 Å². The van der Waals surface area contributed by atoms with Crippen molar-refractivity contribution < 1.29 is 23.8 Å². The quantitative estimate of drug-likeness (QED) is 0.432. The van der Waals surface area contributed by atoms with Gasteiger partial charge in [-0.1, -0.05) is 54.6 Å². The van der Waals surface area contributed by atoms with Crippen molar-refractivity contribution in [2.45, 2.75) is 19.6 Å². The number of para-hydroxylation sites is 1. The van der Waals surface area contributed by atoms with Crippen LogP contribution in [0.2, 0.25) is 0 Å². The number of rotatable bonds is 6. The topological polar surface area (TPSA) is 86.8 Å². The molecule has 34 heavy (non-hydrogen) atoms. The zero-order valence-electron chi connectivity index (χ0n) is 18.5. The van der Waals surface area contributed by atoms with Crippen molar-refractivity contribution in [3.63, 3.8) is 0 Å². The summed E-state index contributed by atoms with van der Waals surface area (Å²) >= 11 is 0. The van der Waals surface area contributed by atoms with E-state index in [2.05, 4.69) is 10.3 Å². The highest BCUT2D eigenvalue weighted by Crippen LogP contribution is 2.32. The third-order valence-electron chi connectivity index (χ3n) is 5.56. The summed E-state index contributed by atoms with van der Waals surface area (Å²) in [5, 5.41) is 3.46. The van der Waals surface area contributed by atoms with Crippen molar-refractivity contribution in [1.82, 2.24) is 10.3 Å². The first-order chi connectivity index (χ1) is 16.6. The molecule has 1 aromatic heterocycles. The Bertz CT molecular complexity index is 1370. The molecule has 170 valence electrons. The van der Waals surface area contributed by atoms with Gasteiger partial charge in [0.15, 0.2) is 17.6 Å². The van der Waals surface area contributed by atoms with E-state index in [9.17, 15) is 9.59 Å². The molecule has 0 fully saturated rings. The van der Waals surface area contributed by atoms with Crippen molar-refractivity contribution in [2.75, 3.05) is 6.79 Å². The van der Waals surface area contributed by atoms with Crippen LogP contribution in [0, 0.1) is 0 Å². The number of ether oxygens (including phenoxy) is 3. The van der Waals surface area contributed by atoms with Crippen molar-refractivity contribution in [2.24, 2.45) is 0 Å². The number of carbonyl (C=O) groups is 2. The maximum absolute atomic E-state index is 13.1. The maximum Gasteiger partial charge on any atom is 0.339 e. The molecule has 0 saturated carbocycles. The van der Waals surface area contributed by atoms with Crippen LogP contribution in [0.3, 0.4) is 0 Å². The van der Waals surface area contributed by atoms with Gasteiger partial charge in [0, 0.05) is 17.5 Å². The number of carbonyl (C=O) groups excluding carboxylic acids is 2. The number of pyridine rings is 1. The fourth-order valence-corrected chi connectivity index (χ4v) is 3.76. The van der Waals surface area contributed by atoms with Gasteiger partial charge in [-0.3, -0.25) is 4.79 Å². The molecule has 2 heterocycles. The normalized spacial score (nSPS) is 12.9. The number of hydrogen-bond acceptors (Lipinski definition) is 6. The fourth-order valence-electron chi connectivity index (χ4n) is 3.76. The molecule has 1 aliphatic rings. The van der Waals surface area contributed by atoms with Gasteiger partial charge in [0.2, 0.25) is 6.79 Å². The summed E-state index contributed by atoms with van der Waals surface area (Å²) in [6.07, 6.45) is -0.978. The van der Waals surface area contributed by atoms with Crippen LogP contribution in [0.15, 0.2) is 78.9 Å². The Morgan fingerprint density at radius 3 is 2.59 bits per heavy atom. The SMILES string of the molecule is CC(OC(=O)c1cc(-c2ccccc2)nc2ccccc12)C(=O)NCc1ccc2c(c1)OCO2. The average molecular weight is 454 g/mol. The molecule has 1 aliphatic heterocycles.